The summed E-state index contributed by atoms with van der Waals surface area (Å²) in [5, 5.41) is 11.9. The van der Waals surface area contributed by atoms with E-state index in [1.807, 2.05) is 30.3 Å². The Morgan fingerprint density at radius 3 is 2.59 bits per heavy atom. The molecule has 0 saturated carbocycles. The van der Waals surface area contributed by atoms with Crippen molar-refractivity contribution < 1.29 is 14.3 Å². The third-order valence-corrected chi connectivity index (χ3v) is 5.73. The van der Waals surface area contributed by atoms with E-state index >= 15 is 0 Å². The molecule has 4 rings (SSSR count). The van der Waals surface area contributed by atoms with Crippen LogP contribution in [0.5, 0.6) is 11.5 Å². The number of hydrogen-bond donors (Lipinski definition) is 1. The summed E-state index contributed by atoms with van der Waals surface area (Å²) in [4.78, 5) is 15.1. The van der Waals surface area contributed by atoms with E-state index in [1.165, 1.54) is 5.56 Å². The minimum Gasteiger partial charge on any atom is -0.493 e. The van der Waals surface area contributed by atoms with E-state index in [0.29, 0.717) is 23.7 Å². The molecule has 1 aliphatic heterocycles. The van der Waals surface area contributed by atoms with Gasteiger partial charge in [-0.15, -0.1) is 10.2 Å². The first kappa shape index (κ1) is 21.6. The second-order valence-corrected chi connectivity index (χ2v) is 7.99. The second-order valence-electron chi connectivity index (χ2n) is 7.99. The van der Waals surface area contributed by atoms with E-state index in [0.717, 1.165) is 36.5 Å². The molecule has 0 bridgehead atoms. The van der Waals surface area contributed by atoms with Crippen molar-refractivity contribution in [3.05, 3.63) is 60.2 Å². The molecule has 32 heavy (non-hydrogen) atoms. The smallest absolute Gasteiger partial charge is 0.229 e. The minimum absolute atomic E-state index is 0.00809. The summed E-state index contributed by atoms with van der Waals surface area (Å²) < 4.78 is 10.6. The average molecular weight is 433 g/mol. The maximum Gasteiger partial charge on any atom is 0.229 e. The molecule has 2 aromatic carbocycles. The Kier molecular flexibility index (Phi) is 6.54. The van der Waals surface area contributed by atoms with Crippen molar-refractivity contribution in [1.82, 2.24) is 10.2 Å². The molecule has 1 fully saturated rings. The molecule has 1 N–H and O–H groups in total. The molecule has 1 aliphatic rings. The highest BCUT2D eigenvalue weighted by atomic mass is 16.5. The molecule has 0 radical (unpaired) electrons. The van der Waals surface area contributed by atoms with Gasteiger partial charge < -0.3 is 19.7 Å². The maximum absolute atomic E-state index is 12.9. The summed E-state index contributed by atoms with van der Waals surface area (Å²) in [6.45, 7) is 3.53. The average Bonchev–Trinajstić information content (AvgIpc) is 2.84. The number of carbonyl (C=O) groups is 1. The molecule has 1 amide bonds. The number of carbonyl (C=O) groups excluding carboxylic acids is 1. The van der Waals surface area contributed by atoms with Gasteiger partial charge in [0.05, 0.1) is 25.8 Å². The van der Waals surface area contributed by atoms with Gasteiger partial charge in [-0.1, -0.05) is 23.8 Å². The summed E-state index contributed by atoms with van der Waals surface area (Å²) in [6, 6.07) is 17.6. The number of nitrogens with one attached hydrogen (secondary N) is 1. The predicted octanol–water partition coefficient (Wildman–Crippen LogP) is 4.32. The lowest BCUT2D eigenvalue weighted by Gasteiger charge is -2.32. The summed E-state index contributed by atoms with van der Waals surface area (Å²) in [6.07, 6.45) is 1.76. The van der Waals surface area contributed by atoms with Gasteiger partial charge in [0.1, 0.15) is 0 Å². The van der Waals surface area contributed by atoms with Crippen molar-refractivity contribution in [2.45, 2.75) is 19.8 Å². The number of hydrogen-bond acceptors (Lipinski definition) is 6. The van der Waals surface area contributed by atoms with Crippen molar-refractivity contribution in [2.75, 3.05) is 37.5 Å². The third kappa shape index (κ3) is 4.82. The number of nitrogens with zero attached hydrogens (tertiary/aromatic N) is 3. The first-order valence-electron chi connectivity index (χ1n) is 10.8. The summed E-state index contributed by atoms with van der Waals surface area (Å²) >= 11 is 0. The molecule has 166 valence electrons. The molecule has 1 saturated heterocycles. The first-order chi connectivity index (χ1) is 15.6. The molecule has 0 aliphatic carbocycles. The number of ether oxygens (including phenoxy) is 2. The van der Waals surface area contributed by atoms with Crippen LogP contribution in [0.3, 0.4) is 0 Å². The van der Waals surface area contributed by atoms with Crippen molar-refractivity contribution >= 4 is 17.4 Å². The van der Waals surface area contributed by atoms with Crippen LogP contribution in [0.4, 0.5) is 11.5 Å². The fourth-order valence-electron chi connectivity index (χ4n) is 4.01. The minimum atomic E-state index is -0.130. The van der Waals surface area contributed by atoms with Crippen LogP contribution in [0.15, 0.2) is 54.6 Å². The lowest BCUT2D eigenvalue weighted by atomic mass is 9.97. The van der Waals surface area contributed by atoms with Gasteiger partial charge in [-0.25, -0.2) is 0 Å². The number of rotatable bonds is 6. The lowest BCUT2D eigenvalue weighted by Crippen LogP contribution is -2.41. The molecule has 0 spiro atoms. The molecule has 1 aromatic heterocycles. The van der Waals surface area contributed by atoms with Gasteiger partial charge in [-0.05, 0) is 50.1 Å². The fourth-order valence-corrected chi connectivity index (χ4v) is 4.01. The van der Waals surface area contributed by atoms with Crippen LogP contribution in [0, 0.1) is 12.8 Å². The van der Waals surface area contributed by atoms with Crippen LogP contribution in [-0.2, 0) is 4.79 Å². The molecule has 7 heteroatoms. The standard InChI is InChI=1S/C25H28N4O3/c1-17-6-4-7-18(14-17)21-10-12-24(28-27-21)29-13-5-8-19(16-29)25(30)26-20-9-11-22(31-2)23(15-20)32-3/h4,6-7,9-12,14-15,19H,5,8,13,16H2,1-3H3,(H,26,30)/t19-/m0/s1. The molecule has 7 nitrogen and oxygen atoms in total. The monoisotopic (exact) mass is 432 g/mol. The lowest BCUT2D eigenvalue weighted by molar-refractivity contribution is -0.120. The van der Waals surface area contributed by atoms with E-state index < -0.39 is 0 Å². The van der Waals surface area contributed by atoms with Crippen molar-refractivity contribution in [3.63, 3.8) is 0 Å². The van der Waals surface area contributed by atoms with Gasteiger partial charge in [-0.3, -0.25) is 4.79 Å². The normalized spacial score (nSPS) is 15.8. The second kappa shape index (κ2) is 9.68. The van der Waals surface area contributed by atoms with E-state index in [4.69, 9.17) is 9.47 Å². The maximum atomic E-state index is 12.9. The van der Waals surface area contributed by atoms with Gasteiger partial charge in [0.25, 0.3) is 0 Å². The molecule has 0 unspecified atom stereocenters. The highest BCUT2D eigenvalue weighted by molar-refractivity contribution is 5.93. The SMILES string of the molecule is COc1ccc(NC(=O)[C@H]2CCCN(c3ccc(-c4cccc(C)c4)nn3)C2)cc1OC. The Balaban J connectivity index is 1.42. The highest BCUT2D eigenvalue weighted by Gasteiger charge is 2.27. The summed E-state index contributed by atoms with van der Waals surface area (Å²) in [5.41, 5.74) is 3.77. The number of anilines is 2. The number of aromatic nitrogens is 2. The van der Waals surface area contributed by atoms with Gasteiger partial charge in [-0.2, -0.15) is 0 Å². The number of benzene rings is 2. The largest absolute Gasteiger partial charge is 0.493 e. The molecular formula is C25H28N4O3. The fraction of sp³-hybridized carbons (Fsp3) is 0.320. The molecule has 2 heterocycles. The Labute approximate surface area is 188 Å². The van der Waals surface area contributed by atoms with E-state index in [9.17, 15) is 4.79 Å². The number of piperidine rings is 1. The zero-order valence-electron chi connectivity index (χ0n) is 18.7. The van der Waals surface area contributed by atoms with Crippen LogP contribution in [0.2, 0.25) is 0 Å². The Hall–Kier alpha value is -3.61. The van der Waals surface area contributed by atoms with Gasteiger partial charge in [0.2, 0.25) is 5.91 Å². The van der Waals surface area contributed by atoms with Crippen LogP contribution in [-0.4, -0.2) is 43.4 Å². The summed E-state index contributed by atoms with van der Waals surface area (Å²) in [7, 11) is 3.16. The van der Waals surface area contributed by atoms with Crippen molar-refractivity contribution in [1.29, 1.82) is 0 Å². The van der Waals surface area contributed by atoms with E-state index in [-0.39, 0.29) is 11.8 Å². The first-order valence-corrected chi connectivity index (χ1v) is 10.8. The van der Waals surface area contributed by atoms with Crippen molar-refractivity contribution in [3.8, 4) is 22.8 Å². The highest BCUT2D eigenvalue weighted by Crippen LogP contribution is 2.30. The van der Waals surface area contributed by atoms with Gasteiger partial charge in [0.15, 0.2) is 17.3 Å². The van der Waals surface area contributed by atoms with Crippen LogP contribution in [0.25, 0.3) is 11.3 Å². The number of aryl methyl sites for hydroxylation is 1. The molecule has 3 aromatic rings. The van der Waals surface area contributed by atoms with Gasteiger partial charge >= 0.3 is 0 Å². The topological polar surface area (TPSA) is 76.6 Å². The number of methoxy groups -OCH3 is 2. The molecule has 1 atom stereocenters. The Bertz CT molecular complexity index is 1080. The van der Waals surface area contributed by atoms with Crippen LogP contribution < -0.4 is 19.7 Å². The summed E-state index contributed by atoms with van der Waals surface area (Å²) in [5.74, 6) is 1.87. The van der Waals surface area contributed by atoms with Crippen molar-refractivity contribution in [2.24, 2.45) is 5.92 Å². The Morgan fingerprint density at radius 2 is 1.88 bits per heavy atom. The number of amides is 1. The zero-order chi connectivity index (χ0) is 22.5. The van der Waals surface area contributed by atoms with Gasteiger partial charge in [0, 0.05) is 30.4 Å². The zero-order valence-corrected chi connectivity index (χ0v) is 18.7. The third-order valence-electron chi connectivity index (χ3n) is 5.73. The quantitative estimate of drug-likeness (QED) is 0.625. The van der Waals surface area contributed by atoms with E-state index in [2.05, 4.69) is 39.5 Å². The van der Waals surface area contributed by atoms with E-state index in [1.54, 1.807) is 26.4 Å². The predicted molar refractivity (Wildman–Crippen MR) is 125 cm³/mol. The molecular weight excluding hydrogens is 404 g/mol. The van der Waals surface area contributed by atoms with Crippen LogP contribution in [0.1, 0.15) is 18.4 Å². The Morgan fingerprint density at radius 1 is 1.03 bits per heavy atom. The van der Waals surface area contributed by atoms with Crippen LogP contribution >= 0.6 is 0 Å².